The fraction of sp³-hybridized carbons (Fsp3) is 0.417. The van der Waals surface area contributed by atoms with E-state index >= 15 is 0 Å². The van der Waals surface area contributed by atoms with Crippen LogP contribution in [0.3, 0.4) is 0 Å². The molecule has 180 valence electrons. The minimum atomic E-state index is -0.618. The fourth-order valence-corrected chi connectivity index (χ4v) is 4.57. The van der Waals surface area contributed by atoms with Gasteiger partial charge in [0.1, 0.15) is 11.5 Å². The number of carbonyl (C=O) groups is 1. The maximum Gasteiger partial charge on any atom is 0.332 e. The molecule has 0 saturated carbocycles. The lowest BCUT2D eigenvalue weighted by atomic mass is 9.96. The predicted molar refractivity (Wildman–Crippen MR) is 126 cm³/mol. The molecule has 3 aromatic rings. The van der Waals surface area contributed by atoms with Crippen molar-refractivity contribution in [1.82, 2.24) is 23.9 Å². The third-order valence-electron chi connectivity index (χ3n) is 6.64. The Labute approximate surface area is 195 Å². The van der Waals surface area contributed by atoms with Gasteiger partial charge in [0.05, 0.1) is 10.9 Å². The molecule has 0 bridgehead atoms. The topological polar surface area (TPSA) is 98.3 Å². The van der Waals surface area contributed by atoms with Crippen molar-refractivity contribution in [3.8, 4) is 0 Å². The summed E-state index contributed by atoms with van der Waals surface area (Å²) in [6, 6.07) is 7.65. The molecular weight excluding hydrogens is 441 g/mol. The van der Waals surface area contributed by atoms with Gasteiger partial charge in [0, 0.05) is 40.3 Å². The highest BCUT2D eigenvalue weighted by molar-refractivity contribution is 6.05. The predicted octanol–water partition coefficient (Wildman–Crippen LogP) is 0.717. The smallest absolute Gasteiger partial charge is 0.332 e. The average molecular weight is 470 g/mol. The SMILES string of the molecule is Cn1c(=O)c2c(C(=O)NCC3CCN(Cc4ccc(F)cc4)CC3)cc(=O)n(C)c2n(C)c1=O. The third kappa shape index (κ3) is 4.45. The summed E-state index contributed by atoms with van der Waals surface area (Å²) in [7, 11) is 4.27. The molecule has 4 rings (SSSR count). The number of nitrogens with zero attached hydrogens (tertiary/aromatic N) is 4. The van der Waals surface area contributed by atoms with Gasteiger partial charge in [-0.25, -0.2) is 9.18 Å². The summed E-state index contributed by atoms with van der Waals surface area (Å²) < 4.78 is 16.4. The van der Waals surface area contributed by atoms with Gasteiger partial charge in [-0.1, -0.05) is 12.1 Å². The summed E-state index contributed by atoms with van der Waals surface area (Å²) in [5.41, 5.74) is -0.523. The molecule has 1 N–H and O–H groups in total. The van der Waals surface area contributed by atoms with Crippen molar-refractivity contribution in [2.24, 2.45) is 27.1 Å². The number of piperidine rings is 1. The van der Waals surface area contributed by atoms with Gasteiger partial charge in [0.25, 0.3) is 17.0 Å². The van der Waals surface area contributed by atoms with Crippen molar-refractivity contribution in [3.63, 3.8) is 0 Å². The molecule has 1 amide bonds. The van der Waals surface area contributed by atoms with Crippen LogP contribution in [0.25, 0.3) is 11.0 Å². The second-order valence-corrected chi connectivity index (χ2v) is 8.92. The molecule has 1 aliphatic heterocycles. The van der Waals surface area contributed by atoms with Gasteiger partial charge in [-0.15, -0.1) is 0 Å². The number of amides is 1. The van der Waals surface area contributed by atoms with E-state index in [0.29, 0.717) is 6.54 Å². The van der Waals surface area contributed by atoms with Crippen LogP contribution < -0.4 is 22.1 Å². The van der Waals surface area contributed by atoms with Crippen molar-refractivity contribution in [1.29, 1.82) is 0 Å². The van der Waals surface area contributed by atoms with Crippen LogP contribution in [0.1, 0.15) is 28.8 Å². The zero-order valence-corrected chi connectivity index (χ0v) is 19.5. The van der Waals surface area contributed by atoms with Crippen molar-refractivity contribution >= 4 is 16.9 Å². The summed E-state index contributed by atoms with van der Waals surface area (Å²) in [6.07, 6.45) is 1.77. The summed E-state index contributed by atoms with van der Waals surface area (Å²) in [5, 5.41) is 2.92. The van der Waals surface area contributed by atoms with Crippen molar-refractivity contribution in [2.75, 3.05) is 19.6 Å². The molecule has 9 nitrogen and oxygen atoms in total. The second-order valence-electron chi connectivity index (χ2n) is 8.92. The molecule has 2 aromatic heterocycles. The number of nitrogens with one attached hydrogen (secondary N) is 1. The van der Waals surface area contributed by atoms with Crippen LogP contribution in [0.15, 0.2) is 44.7 Å². The van der Waals surface area contributed by atoms with E-state index in [2.05, 4.69) is 10.2 Å². The number of likely N-dealkylation sites (tertiary alicyclic amines) is 1. The maximum absolute atomic E-state index is 13.1. The van der Waals surface area contributed by atoms with E-state index in [-0.39, 0.29) is 28.3 Å². The first-order valence-corrected chi connectivity index (χ1v) is 11.2. The van der Waals surface area contributed by atoms with E-state index in [9.17, 15) is 23.6 Å². The molecular formula is C24H28FN5O4. The molecule has 1 fully saturated rings. The molecule has 0 spiro atoms. The number of halogens is 1. The lowest BCUT2D eigenvalue weighted by Gasteiger charge is -2.32. The monoisotopic (exact) mass is 469 g/mol. The van der Waals surface area contributed by atoms with E-state index in [1.54, 1.807) is 12.1 Å². The standard InChI is InChI=1S/C24H28FN5O4/c1-27-19(31)12-18(20-22(27)28(2)24(34)29(3)23(20)33)21(32)26-13-15-8-10-30(11-9-15)14-16-4-6-17(25)7-5-16/h4-7,12,15H,8-11,13-14H2,1-3H3,(H,26,32). The van der Waals surface area contributed by atoms with Crippen LogP contribution in [-0.2, 0) is 27.7 Å². The highest BCUT2D eigenvalue weighted by atomic mass is 19.1. The van der Waals surface area contributed by atoms with Crippen LogP contribution >= 0.6 is 0 Å². The van der Waals surface area contributed by atoms with Gasteiger partial charge in [0.15, 0.2) is 0 Å². The number of aryl methyl sites for hydroxylation is 2. The molecule has 0 aliphatic carbocycles. The zero-order valence-electron chi connectivity index (χ0n) is 19.5. The van der Waals surface area contributed by atoms with Crippen LogP contribution in [0.4, 0.5) is 4.39 Å². The molecule has 0 atom stereocenters. The number of rotatable bonds is 5. The molecule has 1 aliphatic rings. The van der Waals surface area contributed by atoms with Gasteiger partial charge in [-0.2, -0.15) is 0 Å². The number of benzene rings is 1. The number of carbonyl (C=O) groups excluding carboxylic acids is 1. The van der Waals surface area contributed by atoms with Gasteiger partial charge in [0.2, 0.25) is 0 Å². The number of hydrogen-bond donors (Lipinski definition) is 1. The Morgan fingerprint density at radius 1 is 1.00 bits per heavy atom. The Kier molecular flexibility index (Phi) is 6.52. The Hall–Kier alpha value is -3.53. The number of fused-ring (bicyclic) bond motifs is 1. The zero-order chi connectivity index (χ0) is 24.6. The number of aromatic nitrogens is 3. The first-order valence-electron chi connectivity index (χ1n) is 11.2. The minimum Gasteiger partial charge on any atom is -0.352 e. The molecule has 0 radical (unpaired) electrons. The normalized spacial score (nSPS) is 15.1. The van der Waals surface area contributed by atoms with Gasteiger partial charge >= 0.3 is 5.69 Å². The summed E-state index contributed by atoms with van der Waals surface area (Å²) >= 11 is 0. The van der Waals surface area contributed by atoms with Crippen LogP contribution in [0, 0.1) is 11.7 Å². The van der Waals surface area contributed by atoms with Gasteiger partial charge < -0.3 is 5.32 Å². The summed E-state index contributed by atoms with van der Waals surface area (Å²) in [4.78, 5) is 52.9. The van der Waals surface area contributed by atoms with Crippen molar-refractivity contribution < 1.29 is 9.18 Å². The summed E-state index contributed by atoms with van der Waals surface area (Å²) in [5.74, 6) is -0.493. The highest BCUT2D eigenvalue weighted by Crippen LogP contribution is 2.19. The lowest BCUT2D eigenvalue weighted by Crippen LogP contribution is -2.42. The molecule has 1 aromatic carbocycles. The Bertz CT molecular complexity index is 1410. The number of hydrogen-bond acceptors (Lipinski definition) is 5. The van der Waals surface area contributed by atoms with E-state index < -0.39 is 22.7 Å². The Morgan fingerprint density at radius 2 is 1.65 bits per heavy atom. The van der Waals surface area contributed by atoms with Crippen molar-refractivity contribution in [3.05, 3.63) is 78.5 Å². The van der Waals surface area contributed by atoms with Crippen LogP contribution in [-0.4, -0.2) is 44.1 Å². The lowest BCUT2D eigenvalue weighted by molar-refractivity contribution is 0.0936. The summed E-state index contributed by atoms with van der Waals surface area (Å²) in [6.45, 7) is 2.89. The number of pyridine rings is 1. The first kappa shape index (κ1) is 23.6. The van der Waals surface area contributed by atoms with Crippen LogP contribution in [0.2, 0.25) is 0 Å². The van der Waals surface area contributed by atoms with Crippen molar-refractivity contribution in [2.45, 2.75) is 19.4 Å². The molecule has 34 heavy (non-hydrogen) atoms. The van der Waals surface area contributed by atoms with Gasteiger partial charge in [-0.05, 0) is 49.5 Å². The van der Waals surface area contributed by atoms with Gasteiger partial charge in [-0.3, -0.25) is 33.0 Å². The molecule has 0 unspecified atom stereocenters. The Balaban J connectivity index is 1.46. The average Bonchev–Trinajstić information content (AvgIpc) is 2.83. The van der Waals surface area contributed by atoms with E-state index in [1.165, 1.54) is 42.4 Å². The molecule has 1 saturated heterocycles. The molecule has 10 heteroatoms. The second kappa shape index (κ2) is 9.38. The minimum absolute atomic E-state index is 0.0250. The fourth-order valence-electron chi connectivity index (χ4n) is 4.57. The molecule has 3 heterocycles. The highest BCUT2D eigenvalue weighted by Gasteiger charge is 2.23. The van der Waals surface area contributed by atoms with E-state index in [0.717, 1.165) is 48.7 Å². The first-order chi connectivity index (χ1) is 16.2. The Morgan fingerprint density at radius 3 is 2.29 bits per heavy atom. The largest absolute Gasteiger partial charge is 0.352 e. The maximum atomic E-state index is 13.1. The van der Waals surface area contributed by atoms with E-state index in [1.807, 2.05) is 0 Å². The third-order valence-corrected chi connectivity index (χ3v) is 6.64. The van der Waals surface area contributed by atoms with Crippen LogP contribution in [0.5, 0.6) is 0 Å². The quantitative estimate of drug-likeness (QED) is 0.594. The van der Waals surface area contributed by atoms with E-state index in [4.69, 9.17) is 0 Å².